The van der Waals surface area contributed by atoms with E-state index in [-0.39, 0.29) is 6.10 Å². The molecule has 1 aliphatic heterocycles. The zero-order chi connectivity index (χ0) is 16.4. The number of fused-ring (bicyclic) bond motifs is 1. The number of aliphatic hydroxyl groups is 1. The SMILES string of the molecule is OC1CCN(Cc2cccc(Nc3ncnc4sccc34)c2)CC1. The molecule has 2 N–H and O–H groups in total. The van der Waals surface area contributed by atoms with Crippen molar-refractivity contribution < 1.29 is 5.11 Å². The summed E-state index contributed by atoms with van der Waals surface area (Å²) in [5, 5.41) is 16.1. The van der Waals surface area contributed by atoms with Crippen LogP contribution in [0, 0.1) is 0 Å². The second kappa shape index (κ2) is 6.84. The van der Waals surface area contributed by atoms with E-state index in [0.29, 0.717) is 0 Å². The monoisotopic (exact) mass is 340 g/mol. The van der Waals surface area contributed by atoms with Gasteiger partial charge in [-0.15, -0.1) is 11.3 Å². The van der Waals surface area contributed by atoms with Gasteiger partial charge in [0.05, 0.1) is 11.5 Å². The Morgan fingerprint density at radius 2 is 2.08 bits per heavy atom. The maximum atomic E-state index is 9.62. The zero-order valence-electron chi connectivity index (χ0n) is 13.4. The quantitative estimate of drug-likeness (QED) is 0.762. The highest BCUT2D eigenvalue weighted by atomic mass is 32.1. The van der Waals surface area contributed by atoms with Gasteiger partial charge >= 0.3 is 0 Å². The summed E-state index contributed by atoms with van der Waals surface area (Å²) in [6.07, 6.45) is 3.22. The number of aliphatic hydroxyl groups excluding tert-OH is 1. The van der Waals surface area contributed by atoms with Crippen molar-refractivity contribution in [1.29, 1.82) is 0 Å². The lowest BCUT2D eigenvalue weighted by atomic mass is 10.1. The topological polar surface area (TPSA) is 61.3 Å². The molecule has 1 aliphatic rings. The Hall–Kier alpha value is -2.02. The summed E-state index contributed by atoms with van der Waals surface area (Å²) in [4.78, 5) is 12.1. The van der Waals surface area contributed by atoms with E-state index in [2.05, 4.69) is 44.5 Å². The Morgan fingerprint density at radius 3 is 2.96 bits per heavy atom. The molecule has 0 radical (unpaired) electrons. The predicted octanol–water partition coefficient (Wildman–Crippen LogP) is 3.39. The van der Waals surface area contributed by atoms with Gasteiger partial charge in [0.15, 0.2) is 0 Å². The van der Waals surface area contributed by atoms with Crippen molar-refractivity contribution in [3.63, 3.8) is 0 Å². The summed E-state index contributed by atoms with van der Waals surface area (Å²) in [5.74, 6) is 0.847. The van der Waals surface area contributed by atoms with Crippen molar-refractivity contribution in [3.8, 4) is 0 Å². The van der Waals surface area contributed by atoms with E-state index in [4.69, 9.17) is 0 Å². The fraction of sp³-hybridized carbons (Fsp3) is 0.333. The van der Waals surface area contributed by atoms with Gasteiger partial charge in [-0.2, -0.15) is 0 Å². The summed E-state index contributed by atoms with van der Waals surface area (Å²) in [6.45, 7) is 2.83. The summed E-state index contributed by atoms with van der Waals surface area (Å²) < 4.78 is 0. The van der Waals surface area contributed by atoms with Crippen molar-refractivity contribution in [2.75, 3.05) is 18.4 Å². The van der Waals surface area contributed by atoms with Gasteiger partial charge in [0, 0.05) is 25.3 Å². The van der Waals surface area contributed by atoms with Gasteiger partial charge in [0.1, 0.15) is 17.0 Å². The normalized spacial score (nSPS) is 16.5. The van der Waals surface area contributed by atoms with E-state index in [1.165, 1.54) is 5.56 Å². The summed E-state index contributed by atoms with van der Waals surface area (Å²) in [7, 11) is 0. The Morgan fingerprint density at radius 1 is 1.21 bits per heavy atom. The number of rotatable bonds is 4. The maximum absolute atomic E-state index is 9.62. The number of anilines is 2. The molecule has 1 aromatic carbocycles. The van der Waals surface area contributed by atoms with E-state index >= 15 is 0 Å². The zero-order valence-corrected chi connectivity index (χ0v) is 14.2. The fourth-order valence-electron chi connectivity index (χ4n) is 3.11. The molecule has 3 aromatic rings. The molecular formula is C18H20N4OS. The number of thiophene rings is 1. The highest BCUT2D eigenvalue weighted by Crippen LogP contribution is 2.27. The molecule has 0 amide bonds. The number of nitrogens with one attached hydrogen (secondary N) is 1. The molecule has 0 bridgehead atoms. The molecule has 0 saturated carbocycles. The third-order valence-corrected chi connectivity index (χ3v) is 5.24. The summed E-state index contributed by atoms with van der Waals surface area (Å²) in [6, 6.07) is 10.5. The van der Waals surface area contributed by atoms with Crippen molar-refractivity contribution >= 4 is 33.1 Å². The van der Waals surface area contributed by atoms with Gasteiger partial charge in [0.25, 0.3) is 0 Å². The third kappa shape index (κ3) is 3.40. The minimum atomic E-state index is -0.125. The van der Waals surface area contributed by atoms with Crippen molar-refractivity contribution in [3.05, 3.63) is 47.6 Å². The maximum Gasteiger partial charge on any atom is 0.142 e. The van der Waals surface area contributed by atoms with Crippen LogP contribution in [-0.4, -0.2) is 39.2 Å². The van der Waals surface area contributed by atoms with Gasteiger partial charge in [-0.05, 0) is 42.0 Å². The van der Waals surface area contributed by atoms with E-state index < -0.39 is 0 Å². The lowest BCUT2D eigenvalue weighted by Crippen LogP contribution is -2.35. The number of nitrogens with zero attached hydrogens (tertiary/aromatic N) is 3. The molecule has 0 unspecified atom stereocenters. The minimum Gasteiger partial charge on any atom is -0.393 e. The van der Waals surface area contributed by atoms with Crippen LogP contribution in [0.15, 0.2) is 42.0 Å². The molecule has 0 spiro atoms. The highest BCUT2D eigenvalue weighted by Gasteiger charge is 2.17. The molecule has 1 saturated heterocycles. The fourth-order valence-corrected chi connectivity index (χ4v) is 3.84. The first-order valence-electron chi connectivity index (χ1n) is 8.22. The molecule has 0 atom stereocenters. The number of aromatic nitrogens is 2. The number of piperidine rings is 1. The largest absolute Gasteiger partial charge is 0.393 e. The first-order valence-corrected chi connectivity index (χ1v) is 9.10. The van der Waals surface area contributed by atoms with Crippen molar-refractivity contribution in [2.24, 2.45) is 0 Å². The molecule has 3 heterocycles. The van der Waals surface area contributed by atoms with Gasteiger partial charge in [-0.25, -0.2) is 9.97 Å². The third-order valence-electron chi connectivity index (χ3n) is 4.41. The van der Waals surface area contributed by atoms with Gasteiger partial charge in [0.2, 0.25) is 0 Å². The van der Waals surface area contributed by atoms with Crippen LogP contribution < -0.4 is 5.32 Å². The number of hydrogen-bond acceptors (Lipinski definition) is 6. The van der Waals surface area contributed by atoms with Crippen LogP contribution in [0.4, 0.5) is 11.5 Å². The van der Waals surface area contributed by atoms with Gasteiger partial charge in [-0.1, -0.05) is 12.1 Å². The second-order valence-electron chi connectivity index (χ2n) is 6.19. The molecule has 2 aromatic heterocycles. The number of benzene rings is 1. The standard InChI is InChI=1S/C18H20N4OS/c23-15-4-7-22(8-5-15)11-13-2-1-3-14(10-13)21-17-16-6-9-24-18(16)20-12-19-17/h1-3,6,9-10,12,15,23H,4-5,7-8,11H2,(H,19,20,21). The smallest absolute Gasteiger partial charge is 0.142 e. The molecular weight excluding hydrogens is 320 g/mol. The Kier molecular flexibility index (Phi) is 4.42. The predicted molar refractivity (Wildman–Crippen MR) is 97.7 cm³/mol. The van der Waals surface area contributed by atoms with Crippen LogP contribution in [0.5, 0.6) is 0 Å². The lowest BCUT2D eigenvalue weighted by Gasteiger charge is -2.29. The van der Waals surface area contributed by atoms with Gasteiger partial charge in [-0.3, -0.25) is 4.90 Å². The van der Waals surface area contributed by atoms with E-state index in [1.54, 1.807) is 17.7 Å². The minimum absolute atomic E-state index is 0.125. The highest BCUT2D eigenvalue weighted by molar-refractivity contribution is 7.16. The number of hydrogen-bond donors (Lipinski definition) is 2. The molecule has 4 rings (SSSR count). The number of likely N-dealkylation sites (tertiary alicyclic amines) is 1. The first-order chi connectivity index (χ1) is 11.8. The average Bonchev–Trinajstić information content (AvgIpc) is 3.07. The van der Waals surface area contributed by atoms with Crippen LogP contribution in [0.1, 0.15) is 18.4 Å². The van der Waals surface area contributed by atoms with Crippen molar-refractivity contribution in [2.45, 2.75) is 25.5 Å². The first kappa shape index (κ1) is 15.5. The Bertz CT molecular complexity index is 827. The van der Waals surface area contributed by atoms with Crippen LogP contribution in [-0.2, 0) is 6.54 Å². The van der Waals surface area contributed by atoms with Crippen LogP contribution in [0.3, 0.4) is 0 Å². The van der Waals surface area contributed by atoms with Crippen molar-refractivity contribution in [1.82, 2.24) is 14.9 Å². The molecule has 24 heavy (non-hydrogen) atoms. The van der Waals surface area contributed by atoms with Gasteiger partial charge < -0.3 is 10.4 Å². The second-order valence-corrected chi connectivity index (χ2v) is 7.09. The Labute approximate surface area is 145 Å². The molecule has 124 valence electrons. The van der Waals surface area contributed by atoms with E-state index in [0.717, 1.165) is 54.2 Å². The van der Waals surface area contributed by atoms with Crippen LogP contribution in [0.2, 0.25) is 0 Å². The average molecular weight is 340 g/mol. The van der Waals surface area contributed by atoms with E-state index in [1.807, 2.05) is 11.4 Å². The lowest BCUT2D eigenvalue weighted by molar-refractivity contribution is 0.0792. The van der Waals surface area contributed by atoms with Crippen LogP contribution in [0.25, 0.3) is 10.2 Å². The summed E-state index contributed by atoms with van der Waals surface area (Å²) in [5.41, 5.74) is 2.31. The molecule has 6 heteroatoms. The summed E-state index contributed by atoms with van der Waals surface area (Å²) >= 11 is 1.62. The molecule has 1 fully saturated rings. The Balaban J connectivity index is 1.49. The van der Waals surface area contributed by atoms with E-state index in [9.17, 15) is 5.11 Å². The molecule has 0 aliphatic carbocycles. The van der Waals surface area contributed by atoms with Crippen LogP contribution >= 0.6 is 11.3 Å². The molecule has 5 nitrogen and oxygen atoms in total.